The van der Waals surface area contributed by atoms with E-state index in [4.69, 9.17) is 9.15 Å². The minimum absolute atomic E-state index is 0.0879. The second-order valence-corrected chi connectivity index (χ2v) is 8.08. The van der Waals surface area contributed by atoms with Crippen molar-refractivity contribution in [2.75, 3.05) is 17.8 Å². The van der Waals surface area contributed by atoms with E-state index in [0.717, 1.165) is 26.1 Å². The Morgan fingerprint density at radius 1 is 1.07 bits per heavy atom. The van der Waals surface area contributed by atoms with Crippen molar-refractivity contribution in [1.29, 1.82) is 0 Å². The molecule has 0 aliphatic carbocycles. The second-order valence-electron chi connectivity index (χ2n) is 6.12. The zero-order chi connectivity index (χ0) is 19.7. The van der Waals surface area contributed by atoms with Gasteiger partial charge in [-0.3, -0.25) is 9.69 Å². The molecule has 1 aromatic heterocycles. The lowest BCUT2D eigenvalue weighted by molar-refractivity contribution is -0.121. The van der Waals surface area contributed by atoms with E-state index in [0.29, 0.717) is 5.76 Å². The molecular formula is C21H17NO4S2. The molecule has 0 fully saturated rings. The number of carbonyl (C=O) groups excluding carboxylic acids is 2. The summed E-state index contributed by atoms with van der Waals surface area (Å²) in [6.07, 6.45) is 1.99. The van der Waals surface area contributed by atoms with Crippen molar-refractivity contribution in [3.05, 3.63) is 66.1 Å². The molecule has 0 unspecified atom stereocenters. The van der Waals surface area contributed by atoms with Gasteiger partial charge in [-0.25, -0.2) is 4.79 Å². The van der Waals surface area contributed by atoms with Gasteiger partial charge in [-0.15, -0.1) is 11.8 Å². The standard InChI is InChI=1S/C21H17NO4S2/c1-13-7-9-17(26-13)21(24)25-12-20(23)22-15-5-3-4-6-18(15)28-19-10-8-14(27-2)11-16(19)22/h3-11H,12H2,1-2H3. The van der Waals surface area contributed by atoms with Crippen molar-refractivity contribution in [1.82, 2.24) is 0 Å². The van der Waals surface area contributed by atoms with E-state index in [-0.39, 0.29) is 18.3 Å². The van der Waals surface area contributed by atoms with Crippen LogP contribution in [0.2, 0.25) is 0 Å². The van der Waals surface area contributed by atoms with Crippen LogP contribution >= 0.6 is 23.5 Å². The van der Waals surface area contributed by atoms with E-state index in [2.05, 4.69) is 0 Å². The third-order valence-electron chi connectivity index (χ3n) is 4.25. The number of para-hydroxylation sites is 1. The number of aryl methyl sites for hydroxylation is 1. The lowest BCUT2D eigenvalue weighted by Crippen LogP contribution is -2.32. The van der Waals surface area contributed by atoms with Gasteiger partial charge in [0, 0.05) is 14.7 Å². The monoisotopic (exact) mass is 411 g/mol. The number of benzene rings is 2. The largest absolute Gasteiger partial charge is 0.454 e. The van der Waals surface area contributed by atoms with Gasteiger partial charge in [0.15, 0.2) is 6.61 Å². The molecule has 1 amide bonds. The molecule has 2 heterocycles. The molecule has 3 aromatic rings. The molecule has 0 saturated heterocycles. The minimum atomic E-state index is -0.654. The molecular weight excluding hydrogens is 394 g/mol. The van der Waals surface area contributed by atoms with E-state index in [9.17, 15) is 9.59 Å². The third-order valence-corrected chi connectivity index (χ3v) is 6.11. The van der Waals surface area contributed by atoms with Crippen molar-refractivity contribution >= 4 is 46.8 Å². The van der Waals surface area contributed by atoms with Crippen molar-refractivity contribution in [2.45, 2.75) is 21.6 Å². The van der Waals surface area contributed by atoms with Crippen molar-refractivity contribution in [2.24, 2.45) is 0 Å². The summed E-state index contributed by atoms with van der Waals surface area (Å²) >= 11 is 3.23. The maximum absolute atomic E-state index is 13.1. The first-order valence-electron chi connectivity index (χ1n) is 8.58. The molecule has 0 bridgehead atoms. The number of carbonyl (C=O) groups is 2. The molecule has 0 N–H and O–H groups in total. The van der Waals surface area contributed by atoms with Crippen LogP contribution in [0, 0.1) is 6.92 Å². The number of hydrogen-bond acceptors (Lipinski definition) is 6. The van der Waals surface area contributed by atoms with Gasteiger partial charge in [-0.05, 0) is 55.6 Å². The highest BCUT2D eigenvalue weighted by atomic mass is 32.2. The summed E-state index contributed by atoms with van der Waals surface area (Å²) in [5, 5.41) is 0. The number of furan rings is 1. The van der Waals surface area contributed by atoms with Crippen LogP contribution in [-0.4, -0.2) is 24.7 Å². The molecule has 1 aliphatic rings. The maximum Gasteiger partial charge on any atom is 0.374 e. The Morgan fingerprint density at radius 3 is 2.61 bits per heavy atom. The zero-order valence-corrected chi connectivity index (χ0v) is 16.9. The number of fused-ring (bicyclic) bond motifs is 2. The smallest absolute Gasteiger partial charge is 0.374 e. The fourth-order valence-electron chi connectivity index (χ4n) is 2.94. The van der Waals surface area contributed by atoms with E-state index < -0.39 is 5.97 Å². The first-order valence-corrected chi connectivity index (χ1v) is 10.6. The number of ether oxygens (including phenoxy) is 1. The van der Waals surface area contributed by atoms with E-state index in [1.807, 2.05) is 48.7 Å². The number of hydrogen-bond donors (Lipinski definition) is 0. The topological polar surface area (TPSA) is 59.8 Å². The number of anilines is 2. The summed E-state index contributed by atoms with van der Waals surface area (Å²) in [6, 6.07) is 16.9. The molecule has 5 nitrogen and oxygen atoms in total. The fraction of sp³-hybridized carbons (Fsp3) is 0.143. The Labute approximate surface area is 171 Å². The fourth-order valence-corrected chi connectivity index (χ4v) is 4.41. The predicted molar refractivity (Wildman–Crippen MR) is 110 cm³/mol. The van der Waals surface area contributed by atoms with Crippen LogP contribution in [0.5, 0.6) is 0 Å². The molecule has 0 atom stereocenters. The van der Waals surface area contributed by atoms with Crippen LogP contribution in [0.4, 0.5) is 11.4 Å². The number of esters is 1. The van der Waals surface area contributed by atoms with Gasteiger partial charge in [-0.1, -0.05) is 23.9 Å². The summed E-state index contributed by atoms with van der Waals surface area (Å²) in [5.74, 6) is -0.271. The zero-order valence-electron chi connectivity index (χ0n) is 15.3. The molecule has 0 radical (unpaired) electrons. The van der Waals surface area contributed by atoms with Crippen molar-refractivity contribution in [3.8, 4) is 0 Å². The van der Waals surface area contributed by atoms with Gasteiger partial charge in [0.25, 0.3) is 5.91 Å². The van der Waals surface area contributed by atoms with Gasteiger partial charge >= 0.3 is 5.97 Å². The predicted octanol–water partition coefficient (Wildman–Crippen LogP) is 5.30. The Kier molecular flexibility index (Phi) is 5.19. The van der Waals surface area contributed by atoms with Crippen LogP contribution in [-0.2, 0) is 9.53 Å². The number of nitrogens with zero attached hydrogens (tertiary/aromatic N) is 1. The lowest BCUT2D eigenvalue weighted by atomic mass is 10.2. The van der Waals surface area contributed by atoms with Crippen molar-refractivity contribution < 1.29 is 18.7 Å². The maximum atomic E-state index is 13.1. The highest BCUT2D eigenvalue weighted by molar-refractivity contribution is 8.00. The highest BCUT2D eigenvalue weighted by Gasteiger charge is 2.29. The molecule has 7 heteroatoms. The van der Waals surface area contributed by atoms with Gasteiger partial charge in [0.05, 0.1) is 11.4 Å². The molecule has 4 rings (SSSR count). The van der Waals surface area contributed by atoms with E-state index in [1.54, 1.807) is 41.4 Å². The summed E-state index contributed by atoms with van der Waals surface area (Å²) in [6.45, 7) is 1.37. The first kappa shape index (κ1) is 18.7. The minimum Gasteiger partial charge on any atom is -0.454 e. The second kappa shape index (κ2) is 7.77. The molecule has 0 spiro atoms. The van der Waals surface area contributed by atoms with Crippen LogP contribution < -0.4 is 4.90 Å². The van der Waals surface area contributed by atoms with Gasteiger partial charge in [0.1, 0.15) is 5.76 Å². The van der Waals surface area contributed by atoms with Crippen LogP contribution in [0.1, 0.15) is 16.3 Å². The molecule has 1 aliphatic heterocycles. The Balaban J connectivity index is 1.62. The van der Waals surface area contributed by atoms with Gasteiger partial charge in [-0.2, -0.15) is 0 Å². The van der Waals surface area contributed by atoms with Crippen LogP contribution in [0.3, 0.4) is 0 Å². The lowest BCUT2D eigenvalue weighted by Gasteiger charge is -2.31. The molecule has 142 valence electrons. The third kappa shape index (κ3) is 3.55. The normalized spacial score (nSPS) is 12.3. The quantitative estimate of drug-likeness (QED) is 0.429. The van der Waals surface area contributed by atoms with Crippen molar-refractivity contribution in [3.63, 3.8) is 0 Å². The highest BCUT2D eigenvalue weighted by Crippen LogP contribution is 2.48. The Morgan fingerprint density at radius 2 is 1.86 bits per heavy atom. The van der Waals surface area contributed by atoms with Gasteiger partial charge in [0.2, 0.25) is 5.76 Å². The molecule has 0 saturated carbocycles. The SMILES string of the molecule is CSc1ccc2c(c1)N(C(=O)COC(=O)c1ccc(C)o1)c1ccccc1S2. The first-order chi connectivity index (χ1) is 13.6. The summed E-state index contributed by atoms with van der Waals surface area (Å²) < 4.78 is 10.5. The molecule has 2 aromatic carbocycles. The Hall–Kier alpha value is -2.64. The number of rotatable bonds is 4. The van der Waals surface area contributed by atoms with Crippen LogP contribution in [0.15, 0.2) is 73.7 Å². The number of amides is 1. The van der Waals surface area contributed by atoms with E-state index >= 15 is 0 Å². The Bertz CT molecular complexity index is 1060. The average molecular weight is 412 g/mol. The van der Waals surface area contributed by atoms with Gasteiger partial charge < -0.3 is 9.15 Å². The molecule has 28 heavy (non-hydrogen) atoms. The van der Waals surface area contributed by atoms with Crippen LogP contribution in [0.25, 0.3) is 0 Å². The summed E-state index contributed by atoms with van der Waals surface area (Å²) in [5.41, 5.74) is 1.58. The summed E-state index contributed by atoms with van der Waals surface area (Å²) in [7, 11) is 0. The van der Waals surface area contributed by atoms with E-state index in [1.165, 1.54) is 6.07 Å². The number of thioether (sulfide) groups is 1. The average Bonchev–Trinajstić information content (AvgIpc) is 3.16. The summed E-state index contributed by atoms with van der Waals surface area (Å²) in [4.78, 5) is 29.9.